The lowest BCUT2D eigenvalue weighted by Gasteiger charge is -2.08. The molecule has 1 N–H and O–H groups in total. The van der Waals surface area contributed by atoms with Crippen LogP contribution in [0.5, 0.6) is 0 Å². The molecule has 0 aliphatic rings. The minimum Gasteiger partial charge on any atom is -0.379 e. The molecular weight excluding hydrogens is 251 g/mol. The fraction of sp³-hybridized carbons (Fsp3) is 0.250. The lowest BCUT2D eigenvalue weighted by atomic mass is 10.2. The summed E-state index contributed by atoms with van der Waals surface area (Å²) in [5.74, 6) is -0.638. The highest BCUT2D eigenvalue weighted by molar-refractivity contribution is 5.51. The Bertz CT molecular complexity index is 597. The Balaban J connectivity index is 2.13. The summed E-state index contributed by atoms with van der Waals surface area (Å²) in [6.45, 7) is 3.19. The normalized spacial score (nSPS) is 10.4. The van der Waals surface area contributed by atoms with Gasteiger partial charge in [0.05, 0.1) is 29.6 Å². The maximum atomic E-state index is 13.2. The van der Waals surface area contributed by atoms with Crippen molar-refractivity contribution in [3.63, 3.8) is 0 Å². The van der Waals surface area contributed by atoms with Crippen LogP contribution < -0.4 is 5.32 Å². The first-order valence-electron chi connectivity index (χ1n) is 5.78. The fourth-order valence-corrected chi connectivity index (χ4v) is 1.75. The number of aromatic nitrogens is 2. The van der Waals surface area contributed by atoms with Crippen LogP contribution in [0.15, 0.2) is 30.7 Å². The van der Waals surface area contributed by atoms with Crippen LogP contribution in [0.3, 0.4) is 0 Å². The van der Waals surface area contributed by atoms with Crippen molar-refractivity contribution in [1.82, 2.24) is 9.55 Å². The van der Waals surface area contributed by atoms with Crippen LogP contribution in [0.25, 0.3) is 0 Å². The standard InChI is InChI=1S/C12H13FN4O2/c1-2-16-8-14-6-12(16)7-15-10-3-9(13)4-11(5-10)17(18)19/h3-6,8,15H,2,7H2,1H3. The highest BCUT2D eigenvalue weighted by Crippen LogP contribution is 2.20. The summed E-state index contributed by atoms with van der Waals surface area (Å²) in [6, 6.07) is 3.41. The van der Waals surface area contributed by atoms with Gasteiger partial charge in [0.15, 0.2) is 0 Å². The number of benzene rings is 1. The molecule has 7 heteroatoms. The Hall–Kier alpha value is -2.44. The molecule has 6 nitrogen and oxygen atoms in total. The number of nitro benzene ring substituents is 1. The molecule has 0 radical (unpaired) electrons. The van der Waals surface area contributed by atoms with Crippen LogP contribution in [-0.2, 0) is 13.1 Å². The molecule has 2 aromatic rings. The Morgan fingerprint density at radius 1 is 1.47 bits per heavy atom. The van der Waals surface area contributed by atoms with Gasteiger partial charge in [0, 0.05) is 24.5 Å². The predicted octanol–water partition coefficient (Wildman–Crippen LogP) is 2.56. The molecule has 0 spiro atoms. The van der Waals surface area contributed by atoms with E-state index < -0.39 is 10.7 Å². The van der Waals surface area contributed by atoms with Gasteiger partial charge >= 0.3 is 0 Å². The van der Waals surface area contributed by atoms with Gasteiger partial charge in [0.25, 0.3) is 5.69 Å². The van der Waals surface area contributed by atoms with Crippen molar-refractivity contribution < 1.29 is 9.31 Å². The lowest BCUT2D eigenvalue weighted by molar-refractivity contribution is -0.385. The summed E-state index contributed by atoms with van der Waals surface area (Å²) in [5, 5.41) is 13.6. The van der Waals surface area contributed by atoms with E-state index in [2.05, 4.69) is 10.3 Å². The van der Waals surface area contributed by atoms with Gasteiger partial charge < -0.3 is 9.88 Å². The van der Waals surface area contributed by atoms with E-state index in [0.717, 1.165) is 18.3 Å². The minimum absolute atomic E-state index is 0.272. The van der Waals surface area contributed by atoms with Crippen LogP contribution in [0.4, 0.5) is 15.8 Å². The number of nitro groups is 1. The zero-order valence-electron chi connectivity index (χ0n) is 10.3. The Morgan fingerprint density at radius 2 is 2.26 bits per heavy atom. The number of halogens is 1. The number of nitrogens with zero attached hydrogens (tertiary/aromatic N) is 3. The van der Waals surface area contributed by atoms with Crippen molar-refractivity contribution >= 4 is 11.4 Å². The summed E-state index contributed by atoms with van der Waals surface area (Å²) >= 11 is 0. The van der Waals surface area contributed by atoms with E-state index in [1.807, 2.05) is 11.5 Å². The van der Waals surface area contributed by atoms with Crippen LogP contribution in [0.1, 0.15) is 12.6 Å². The van der Waals surface area contributed by atoms with Crippen LogP contribution in [-0.4, -0.2) is 14.5 Å². The second kappa shape index (κ2) is 5.47. The monoisotopic (exact) mass is 264 g/mol. The van der Waals surface area contributed by atoms with E-state index in [0.29, 0.717) is 12.2 Å². The van der Waals surface area contributed by atoms with Crippen molar-refractivity contribution in [2.24, 2.45) is 0 Å². The van der Waals surface area contributed by atoms with Gasteiger partial charge in [-0.05, 0) is 13.0 Å². The quantitative estimate of drug-likeness (QED) is 0.665. The van der Waals surface area contributed by atoms with E-state index in [4.69, 9.17) is 0 Å². The maximum absolute atomic E-state index is 13.2. The van der Waals surface area contributed by atoms with E-state index >= 15 is 0 Å². The van der Waals surface area contributed by atoms with E-state index in [-0.39, 0.29) is 5.69 Å². The first-order valence-corrected chi connectivity index (χ1v) is 5.78. The molecule has 19 heavy (non-hydrogen) atoms. The average Bonchev–Trinajstić information content (AvgIpc) is 2.83. The minimum atomic E-state index is -0.638. The average molecular weight is 264 g/mol. The molecule has 1 aromatic carbocycles. The highest BCUT2D eigenvalue weighted by Gasteiger charge is 2.10. The van der Waals surface area contributed by atoms with Crippen molar-refractivity contribution in [2.45, 2.75) is 20.0 Å². The van der Waals surface area contributed by atoms with Gasteiger partial charge in [-0.25, -0.2) is 9.37 Å². The molecular formula is C12H13FN4O2. The number of rotatable bonds is 5. The number of imidazole rings is 1. The molecule has 0 bridgehead atoms. The molecule has 0 atom stereocenters. The van der Waals surface area contributed by atoms with Crippen molar-refractivity contribution in [3.8, 4) is 0 Å². The summed E-state index contributed by atoms with van der Waals surface area (Å²) in [5.41, 5.74) is 1.02. The van der Waals surface area contributed by atoms with E-state index in [1.165, 1.54) is 12.1 Å². The van der Waals surface area contributed by atoms with Gasteiger partial charge in [-0.2, -0.15) is 0 Å². The van der Waals surface area contributed by atoms with Crippen LogP contribution in [0, 0.1) is 15.9 Å². The molecule has 1 heterocycles. The molecule has 0 saturated heterocycles. The Morgan fingerprint density at radius 3 is 2.95 bits per heavy atom. The zero-order valence-corrected chi connectivity index (χ0v) is 10.3. The summed E-state index contributed by atoms with van der Waals surface area (Å²) in [4.78, 5) is 14.0. The molecule has 0 aliphatic carbocycles. The third-order valence-electron chi connectivity index (χ3n) is 2.71. The predicted molar refractivity (Wildman–Crippen MR) is 68.3 cm³/mol. The third kappa shape index (κ3) is 3.06. The SMILES string of the molecule is CCn1cncc1CNc1cc(F)cc([N+](=O)[O-])c1. The third-order valence-corrected chi connectivity index (χ3v) is 2.71. The Kier molecular flexibility index (Phi) is 3.74. The van der Waals surface area contributed by atoms with Gasteiger partial charge in [0.1, 0.15) is 5.82 Å². The largest absolute Gasteiger partial charge is 0.379 e. The Labute approximate surface area is 109 Å². The maximum Gasteiger partial charge on any atom is 0.274 e. The molecule has 0 aliphatic heterocycles. The second-order valence-corrected chi connectivity index (χ2v) is 3.98. The molecule has 1 aromatic heterocycles. The molecule has 0 saturated carbocycles. The molecule has 0 amide bonds. The van der Waals surface area contributed by atoms with Gasteiger partial charge in [0.2, 0.25) is 0 Å². The molecule has 0 fully saturated rings. The number of nitrogens with one attached hydrogen (secondary N) is 1. The lowest BCUT2D eigenvalue weighted by Crippen LogP contribution is -2.06. The van der Waals surface area contributed by atoms with E-state index in [9.17, 15) is 14.5 Å². The summed E-state index contributed by atoms with van der Waals surface area (Å²) in [6.07, 6.45) is 3.40. The number of non-ortho nitro benzene ring substituents is 1. The van der Waals surface area contributed by atoms with Crippen LogP contribution >= 0.6 is 0 Å². The smallest absolute Gasteiger partial charge is 0.274 e. The second-order valence-electron chi connectivity index (χ2n) is 3.98. The molecule has 2 rings (SSSR count). The van der Waals surface area contributed by atoms with Gasteiger partial charge in [-0.15, -0.1) is 0 Å². The van der Waals surface area contributed by atoms with Crippen molar-refractivity contribution in [2.75, 3.05) is 5.32 Å². The van der Waals surface area contributed by atoms with Crippen LogP contribution in [0.2, 0.25) is 0 Å². The summed E-state index contributed by atoms with van der Waals surface area (Å²) < 4.78 is 15.2. The highest BCUT2D eigenvalue weighted by atomic mass is 19.1. The number of hydrogen-bond acceptors (Lipinski definition) is 4. The van der Waals surface area contributed by atoms with Gasteiger partial charge in [-0.3, -0.25) is 10.1 Å². The molecule has 0 unspecified atom stereocenters. The molecule has 100 valence electrons. The first-order chi connectivity index (χ1) is 9.10. The fourth-order valence-electron chi connectivity index (χ4n) is 1.75. The van der Waals surface area contributed by atoms with Crippen molar-refractivity contribution in [3.05, 3.63) is 52.3 Å². The number of anilines is 1. The zero-order chi connectivity index (χ0) is 13.8. The van der Waals surface area contributed by atoms with Crippen molar-refractivity contribution in [1.29, 1.82) is 0 Å². The first kappa shape index (κ1) is 13.0. The topological polar surface area (TPSA) is 73.0 Å². The van der Waals surface area contributed by atoms with Gasteiger partial charge in [-0.1, -0.05) is 0 Å². The number of hydrogen-bond donors (Lipinski definition) is 1. The summed E-state index contributed by atoms with van der Waals surface area (Å²) in [7, 11) is 0. The van der Waals surface area contributed by atoms with E-state index in [1.54, 1.807) is 12.5 Å². The number of aryl methyl sites for hydroxylation is 1.